The van der Waals surface area contributed by atoms with Gasteiger partial charge in [0.2, 0.25) is 0 Å². The van der Waals surface area contributed by atoms with Crippen LogP contribution in [-0.2, 0) is 6.54 Å². The van der Waals surface area contributed by atoms with Gasteiger partial charge in [0.1, 0.15) is 22.0 Å². The lowest BCUT2D eigenvalue weighted by molar-refractivity contribution is 0.231. The highest BCUT2D eigenvalue weighted by Gasteiger charge is 2.29. The number of nitrogens with one attached hydrogen (secondary N) is 1. The van der Waals surface area contributed by atoms with Crippen LogP contribution in [0.5, 0.6) is 0 Å². The highest BCUT2D eigenvalue weighted by Crippen LogP contribution is 2.32. The van der Waals surface area contributed by atoms with E-state index < -0.39 is 0 Å². The molecule has 4 heterocycles. The summed E-state index contributed by atoms with van der Waals surface area (Å²) >= 11 is 1.42. The first-order valence-electron chi connectivity index (χ1n) is 7.34. The van der Waals surface area contributed by atoms with Crippen molar-refractivity contribution in [3.05, 3.63) is 45.1 Å². The van der Waals surface area contributed by atoms with Crippen molar-refractivity contribution in [1.29, 1.82) is 0 Å². The fraction of sp³-hybridized carbons (Fsp3) is 0.400. The number of nitrogens with zero attached hydrogens (tertiary/aromatic N) is 3. The number of aryl methyl sites for hydroxylation is 1. The van der Waals surface area contributed by atoms with Crippen LogP contribution in [0.3, 0.4) is 0 Å². The number of aromatic nitrogens is 3. The summed E-state index contributed by atoms with van der Waals surface area (Å²) < 4.78 is 5.88. The summed E-state index contributed by atoms with van der Waals surface area (Å²) in [5.41, 5.74) is 1.69. The van der Waals surface area contributed by atoms with E-state index in [0.717, 1.165) is 36.4 Å². The Labute approximate surface area is 130 Å². The van der Waals surface area contributed by atoms with Crippen molar-refractivity contribution in [3.8, 4) is 0 Å². The third kappa shape index (κ3) is 2.36. The number of hydrogen-bond donors (Lipinski definition) is 1. The molecule has 1 aliphatic heterocycles. The fourth-order valence-corrected chi connectivity index (χ4v) is 3.81. The number of thiophene rings is 1. The molecule has 0 aromatic carbocycles. The zero-order chi connectivity index (χ0) is 15.1. The second-order valence-electron chi connectivity index (χ2n) is 5.64. The largest absolute Gasteiger partial charge is 0.361 e. The van der Waals surface area contributed by atoms with Crippen molar-refractivity contribution in [2.24, 2.45) is 0 Å². The van der Waals surface area contributed by atoms with Crippen LogP contribution in [0.4, 0.5) is 0 Å². The Bertz CT molecular complexity index is 866. The lowest BCUT2D eigenvalue weighted by Gasteiger charge is -2.21. The molecule has 1 N–H and O–H groups in total. The third-order valence-electron chi connectivity index (χ3n) is 4.07. The van der Waals surface area contributed by atoms with Crippen LogP contribution in [0.25, 0.3) is 10.2 Å². The molecule has 0 bridgehead atoms. The molecule has 0 spiro atoms. The molecule has 3 aromatic heterocycles. The molecule has 7 heteroatoms. The summed E-state index contributed by atoms with van der Waals surface area (Å²) in [5, 5.41) is 6.04. The second kappa shape index (κ2) is 5.33. The Hall–Kier alpha value is -1.99. The van der Waals surface area contributed by atoms with E-state index in [2.05, 4.69) is 20.0 Å². The predicted molar refractivity (Wildman–Crippen MR) is 83.9 cm³/mol. The van der Waals surface area contributed by atoms with Gasteiger partial charge in [-0.25, -0.2) is 4.98 Å². The van der Waals surface area contributed by atoms with Crippen molar-refractivity contribution in [1.82, 2.24) is 20.0 Å². The summed E-state index contributed by atoms with van der Waals surface area (Å²) in [6.07, 6.45) is 2.17. The van der Waals surface area contributed by atoms with Crippen molar-refractivity contribution in [3.63, 3.8) is 0 Å². The molecular formula is C15H16N4O2S. The first-order chi connectivity index (χ1) is 10.7. The van der Waals surface area contributed by atoms with E-state index in [-0.39, 0.29) is 11.6 Å². The normalized spacial score (nSPS) is 19.2. The summed E-state index contributed by atoms with van der Waals surface area (Å²) in [6, 6.07) is 4.11. The van der Waals surface area contributed by atoms with E-state index in [1.807, 2.05) is 24.4 Å². The van der Waals surface area contributed by atoms with Crippen molar-refractivity contribution >= 4 is 21.6 Å². The van der Waals surface area contributed by atoms with Gasteiger partial charge in [-0.1, -0.05) is 5.16 Å². The average Bonchev–Trinajstić information content (AvgIpc) is 3.19. The van der Waals surface area contributed by atoms with E-state index in [9.17, 15) is 4.79 Å². The average molecular weight is 316 g/mol. The van der Waals surface area contributed by atoms with E-state index >= 15 is 0 Å². The molecule has 4 rings (SSSR count). The van der Waals surface area contributed by atoms with E-state index in [0.29, 0.717) is 17.1 Å². The number of likely N-dealkylation sites (tertiary alicyclic amines) is 1. The molecule has 0 saturated carbocycles. The molecule has 1 aliphatic rings. The van der Waals surface area contributed by atoms with Crippen LogP contribution in [0, 0.1) is 6.92 Å². The Morgan fingerprint density at radius 1 is 1.55 bits per heavy atom. The number of hydrogen-bond acceptors (Lipinski definition) is 6. The van der Waals surface area contributed by atoms with Gasteiger partial charge in [0.15, 0.2) is 0 Å². The van der Waals surface area contributed by atoms with Crippen LogP contribution < -0.4 is 5.56 Å². The van der Waals surface area contributed by atoms with Gasteiger partial charge in [0.25, 0.3) is 5.56 Å². The summed E-state index contributed by atoms with van der Waals surface area (Å²) in [7, 11) is 0. The summed E-state index contributed by atoms with van der Waals surface area (Å²) in [6.45, 7) is 3.50. The molecule has 22 heavy (non-hydrogen) atoms. The molecule has 1 atom stereocenters. The molecule has 3 aromatic rings. The van der Waals surface area contributed by atoms with Gasteiger partial charge in [-0.3, -0.25) is 9.69 Å². The zero-order valence-electron chi connectivity index (χ0n) is 12.2. The van der Waals surface area contributed by atoms with Gasteiger partial charge < -0.3 is 9.51 Å². The number of aromatic amines is 1. The number of rotatable bonds is 3. The Morgan fingerprint density at radius 3 is 3.27 bits per heavy atom. The van der Waals surface area contributed by atoms with Gasteiger partial charge in [0.05, 0.1) is 18.1 Å². The molecule has 0 unspecified atom stereocenters. The molecule has 0 amide bonds. The lowest BCUT2D eigenvalue weighted by atomic mass is 10.1. The van der Waals surface area contributed by atoms with Gasteiger partial charge in [-0.15, -0.1) is 11.3 Å². The maximum atomic E-state index is 12.1. The van der Waals surface area contributed by atoms with Crippen LogP contribution in [-0.4, -0.2) is 26.6 Å². The summed E-state index contributed by atoms with van der Waals surface area (Å²) in [4.78, 5) is 21.8. The van der Waals surface area contributed by atoms with Crippen molar-refractivity contribution in [2.45, 2.75) is 32.4 Å². The summed E-state index contributed by atoms with van der Waals surface area (Å²) in [5.74, 6) is 1.54. The third-order valence-corrected chi connectivity index (χ3v) is 4.97. The van der Waals surface area contributed by atoms with Crippen LogP contribution in [0.1, 0.15) is 36.2 Å². The van der Waals surface area contributed by atoms with Crippen LogP contribution in [0.2, 0.25) is 0 Å². The maximum Gasteiger partial charge on any atom is 0.268 e. The van der Waals surface area contributed by atoms with E-state index in [1.54, 1.807) is 0 Å². The SMILES string of the molecule is Cc1cc([C@@H]2CCCN2Cc2nc3ccsc3c(=O)[nH]2)no1. The quantitative estimate of drug-likeness (QED) is 0.804. The molecule has 114 valence electrons. The standard InChI is InChI=1S/C15H16N4O2S/c1-9-7-11(18-21-9)12-3-2-5-19(12)8-13-16-10-4-6-22-14(10)15(20)17-13/h4,6-7,12H,2-3,5,8H2,1H3,(H,16,17,20)/t12-/m0/s1. The molecule has 0 aliphatic carbocycles. The van der Waals surface area contributed by atoms with Crippen LogP contribution >= 0.6 is 11.3 Å². The number of H-pyrrole nitrogens is 1. The van der Waals surface area contributed by atoms with Crippen molar-refractivity contribution in [2.75, 3.05) is 6.54 Å². The fourth-order valence-electron chi connectivity index (χ4n) is 3.08. The Morgan fingerprint density at radius 2 is 2.45 bits per heavy atom. The van der Waals surface area contributed by atoms with E-state index in [1.165, 1.54) is 11.3 Å². The topological polar surface area (TPSA) is 75.0 Å². The van der Waals surface area contributed by atoms with E-state index in [4.69, 9.17) is 4.52 Å². The maximum absolute atomic E-state index is 12.1. The number of fused-ring (bicyclic) bond motifs is 1. The smallest absolute Gasteiger partial charge is 0.268 e. The highest BCUT2D eigenvalue weighted by molar-refractivity contribution is 7.17. The molecule has 0 radical (unpaired) electrons. The lowest BCUT2D eigenvalue weighted by Crippen LogP contribution is -2.25. The van der Waals surface area contributed by atoms with Gasteiger partial charge in [0, 0.05) is 6.07 Å². The first kappa shape index (κ1) is 13.7. The van der Waals surface area contributed by atoms with Crippen LogP contribution in [0.15, 0.2) is 26.8 Å². The minimum atomic E-state index is -0.0528. The predicted octanol–water partition coefficient (Wildman–Crippen LogP) is 2.62. The highest BCUT2D eigenvalue weighted by atomic mass is 32.1. The molecule has 1 fully saturated rings. The van der Waals surface area contributed by atoms with Gasteiger partial charge in [-0.05, 0) is 37.8 Å². The minimum absolute atomic E-state index is 0.0528. The zero-order valence-corrected chi connectivity index (χ0v) is 13.0. The second-order valence-corrected chi connectivity index (χ2v) is 6.55. The monoisotopic (exact) mass is 316 g/mol. The molecular weight excluding hydrogens is 300 g/mol. The van der Waals surface area contributed by atoms with Gasteiger partial charge >= 0.3 is 0 Å². The first-order valence-corrected chi connectivity index (χ1v) is 8.22. The van der Waals surface area contributed by atoms with Gasteiger partial charge in [-0.2, -0.15) is 0 Å². The Kier molecular flexibility index (Phi) is 3.31. The minimum Gasteiger partial charge on any atom is -0.361 e. The Balaban J connectivity index is 1.62. The van der Waals surface area contributed by atoms with Crippen molar-refractivity contribution < 1.29 is 4.52 Å². The molecule has 1 saturated heterocycles. The molecule has 6 nitrogen and oxygen atoms in total.